The number of aromatic nitrogens is 2. The summed E-state index contributed by atoms with van der Waals surface area (Å²) in [6.07, 6.45) is 2.35. The molecule has 0 aromatic carbocycles. The third-order valence-electron chi connectivity index (χ3n) is 2.91. The fourth-order valence-corrected chi connectivity index (χ4v) is 2.36. The Kier molecular flexibility index (Phi) is 2.25. The van der Waals surface area contributed by atoms with E-state index in [4.69, 9.17) is 0 Å². The van der Waals surface area contributed by atoms with Gasteiger partial charge in [-0.3, -0.25) is 0 Å². The van der Waals surface area contributed by atoms with Crippen molar-refractivity contribution in [1.82, 2.24) is 9.66 Å². The summed E-state index contributed by atoms with van der Waals surface area (Å²) in [7, 11) is 2.15. The van der Waals surface area contributed by atoms with Crippen LogP contribution in [0, 0.1) is 6.92 Å². The van der Waals surface area contributed by atoms with Gasteiger partial charge < -0.3 is 5.01 Å². The molecule has 0 fully saturated rings. The summed E-state index contributed by atoms with van der Waals surface area (Å²) in [5.41, 5.74) is 2.57. The molecule has 78 valence electrons. The molecule has 0 amide bonds. The van der Waals surface area contributed by atoms with Crippen molar-refractivity contribution in [2.75, 3.05) is 18.6 Å². The molecule has 0 atom stereocenters. The number of fused-ring (bicyclic) bond motifs is 1. The molecule has 0 unspecified atom stereocenters. The van der Waals surface area contributed by atoms with E-state index in [-0.39, 0.29) is 0 Å². The predicted octanol–water partition coefficient (Wildman–Crippen LogP) is 1.83. The lowest BCUT2D eigenvalue weighted by Crippen LogP contribution is -2.38. The van der Waals surface area contributed by atoms with Crippen LogP contribution in [0.15, 0.2) is 0 Å². The maximum atomic E-state index is 4.64. The summed E-state index contributed by atoms with van der Waals surface area (Å²) in [5, 5.41) is 2.29. The molecule has 2 rings (SSSR count). The summed E-state index contributed by atoms with van der Waals surface area (Å²) in [6, 6.07) is 0. The second kappa shape index (κ2) is 3.30. The maximum Gasteiger partial charge on any atom is 0.128 e. The van der Waals surface area contributed by atoms with Crippen LogP contribution < -0.4 is 5.01 Å². The average molecular weight is 193 g/mol. The summed E-state index contributed by atoms with van der Waals surface area (Å²) >= 11 is 0. The van der Waals surface area contributed by atoms with Crippen LogP contribution >= 0.6 is 0 Å². The van der Waals surface area contributed by atoms with E-state index in [1.54, 1.807) is 0 Å². The molecule has 0 aliphatic carbocycles. The normalized spacial score (nSPS) is 16.2. The Morgan fingerprint density at radius 3 is 2.71 bits per heavy atom. The first kappa shape index (κ1) is 9.56. The van der Waals surface area contributed by atoms with Gasteiger partial charge in [-0.15, -0.1) is 0 Å². The average Bonchev–Trinajstić information content (AvgIpc) is 2.42. The Balaban J connectivity index is 2.54. The zero-order valence-corrected chi connectivity index (χ0v) is 9.54. The van der Waals surface area contributed by atoms with Gasteiger partial charge in [0.15, 0.2) is 0 Å². The maximum absolute atomic E-state index is 4.64. The minimum Gasteiger partial charge on any atom is -0.314 e. The highest BCUT2D eigenvalue weighted by Crippen LogP contribution is 2.23. The topological polar surface area (TPSA) is 21.1 Å². The molecule has 14 heavy (non-hydrogen) atoms. The molecule has 1 aromatic heterocycles. The van der Waals surface area contributed by atoms with Crippen molar-refractivity contribution < 1.29 is 0 Å². The molecule has 0 spiro atoms. The van der Waals surface area contributed by atoms with Crippen LogP contribution in [0.1, 0.15) is 43.4 Å². The van der Waals surface area contributed by atoms with Crippen LogP contribution in [0.3, 0.4) is 0 Å². The molecule has 1 aliphatic heterocycles. The predicted molar refractivity (Wildman–Crippen MR) is 58.4 cm³/mol. The van der Waals surface area contributed by atoms with Crippen LogP contribution in [-0.2, 0) is 6.42 Å². The Hall–Kier alpha value is -0.990. The number of imidazole rings is 1. The molecule has 0 saturated heterocycles. The number of rotatable bonds is 1. The third kappa shape index (κ3) is 1.31. The molecule has 0 N–H and O–H groups in total. The van der Waals surface area contributed by atoms with Crippen LogP contribution in [0.4, 0.5) is 0 Å². The smallest absolute Gasteiger partial charge is 0.128 e. The number of hydrogen-bond acceptors (Lipinski definition) is 2. The van der Waals surface area contributed by atoms with E-state index in [1.807, 2.05) is 0 Å². The minimum atomic E-state index is 0.553. The number of hydrogen-bond donors (Lipinski definition) is 0. The number of aryl methyl sites for hydroxylation is 2. The second-order valence-corrected chi connectivity index (χ2v) is 4.45. The van der Waals surface area contributed by atoms with Crippen LogP contribution in [0.2, 0.25) is 0 Å². The zero-order valence-electron chi connectivity index (χ0n) is 9.54. The van der Waals surface area contributed by atoms with Crippen LogP contribution in [0.5, 0.6) is 0 Å². The molecule has 1 aliphatic rings. The lowest BCUT2D eigenvalue weighted by molar-refractivity contribution is 0.512. The fraction of sp³-hybridized carbons (Fsp3) is 0.727. The molecule has 0 radical (unpaired) electrons. The van der Waals surface area contributed by atoms with Crippen molar-refractivity contribution in [1.29, 1.82) is 0 Å². The lowest BCUT2D eigenvalue weighted by Gasteiger charge is -2.29. The standard InChI is InChI=1S/C11H19N3/c1-8(2)11-9(3)12-10-6-5-7-13(4)14(10)11/h8H,5-7H2,1-4H3. The molecule has 2 heterocycles. The van der Waals surface area contributed by atoms with Crippen molar-refractivity contribution in [3.8, 4) is 0 Å². The summed E-state index contributed by atoms with van der Waals surface area (Å²) in [6.45, 7) is 7.73. The van der Waals surface area contributed by atoms with Gasteiger partial charge in [-0.05, 0) is 19.3 Å². The fourth-order valence-electron chi connectivity index (χ4n) is 2.36. The van der Waals surface area contributed by atoms with Gasteiger partial charge in [0, 0.05) is 20.0 Å². The monoisotopic (exact) mass is 193 g/mol. The molecular weight excluding hydrogens is 174 g/mol. The Morgan fingerprint density at radius 1 is 1.36 bits per heavy atom. The summed E-state index contributed by atoms with van der Waals surface area (Å²) < 4.78 is 2.31. The van der Waals surface area contributed by atoms with Crippen molar-refractivity contribution in [2.45, 2.75) is 39.5 Å². The zero-order chi connectivity index (χ0) is 10.3. The van der Waals surface area contributed by atoms with E-state index >= 15 is 0 Å². The molecule has 3 heteroatoms. The van der Waals surface area contributed by atoms with Crippen molar-refractivity contribution >= 4 is 0 Å². The van der Waals surface area contributed by atoms with E-state index in [9.17, 15) is 0 Å². The van der Waals surface area contributed by atoms with Crippen LogP contribution in [0.25, 0.3) is 0 Å². The minimum absolute atomic E-state index is 0.553. The van der Waals surface area contributed by atoms with E-state index in [1.165, 1.54) is 23.6 Å². The Bertz CT molecular complexity index is 339. The van der Waals surface area contributed by atoms with E-state index in [2.05, 4.69) is 42.5 Å². The van der Waals surface area contributed by atoms with Crippen molar-refractivity contribution in [3.63, 3.8) is 0 Å². The quantitative estimate of drug-likeness (QED) is 0.678. The molecule has 0 saturated carbocycles. The van der Waals surface area contributed by atoms with Gasteiger partial charge in [-0.2, -0.15) is 0 Å². The van der Waals surface area contributed by atoms with E-state index < -0.39 is 0 Å². The van der Waals surface area contributed by atoms with Gasteiger partial charge in [-0.1, -0.05) is 13.8 Å². The first-order valence-electron chi connectivity index (χ1n) is 5.40. The molecular formula is C11H19N3. The molecule has 3 nitrogen and oxygen atoms in total. The highest BCUT2D eigenvalue weighted by atomic mass is 15.6. The lowest BCUT2D eigenvalue weighted by atomic mass is 10.1. The largest absolute Gasteiger partial charge is 0.314 e. The van der Waals surface area contributed by atoms with Gasteiger partial charge in [0.05, 0.1) is 11.4 Å². The summed E-state index contributed by atoms with van der Waals surface area (Å²) in [4.78, 5) is 4.64. The second-order valence-electron chi connectivity index (χ2n) is 4.45. The van der Waals surface area contributed by atoms with Gasteiger partial charge >= 0.3 is 0 Å². The van der Waals surface area contributed by atoms with E-state index in [0.29, 0.717) is 5.92 Å². The van der Waals surface area contributed by atoms with Gasteiger partial charge in [0.25, 0.3) is 0 Å². The number of nitrogens with zero attached hydrogens (tertiary/aromatic N) is 3. The SMILES string of the molecule is Cc1nc2n(c1C(C)C)N(C)CCC2. The van der Waals surface area contributed by atoms with Gasteiger partial charge in [0.1, 0.15) is 5.82 Å². The van der Waals surface area contributed by atoms with Gasteiger partial charge in [-0.25, -0.2) is 9.66 Å². The highest BCUT2D eigenvalue weighted by Gasteiger charge is 2.22. The Morgan fingerprint density at radius 2 is 2.07 bits per heavy atom. The Labute approximate surface area is 85.7 Å². The highest BCUT2D eigenvalue weighted by molar-refractivity contribution is 5.23. The first-order valence-corrected chi connectivity index (χ1v) is 5.40. The van der Waals surface area contributed by atoms with Crippen molar-refractivity contribution in [3.05, 3.63) is 17.2 Å². The van der Waals surface area contributed by atoms with Crippen LogP contribution in [-0.4, -0.2) is 23.3 Å². The molecule has 1 aromatic rings. The van der Waals surface area contributed by atoms with E-state index in [0.717, 1.165) is 13.0 Å². The first-order chi connectivity index (χ1) is 6.61. The summed E-state index contributed by atoms with van der Waals surface area (Å²) in [5.74, 6) is 1.79. The van der Waals surface area contributed by atoms with Gasteiger partial charge in [0.2, 0.25) is 0 Å². The third-order valence-corrected chi connectivity index (χ3v) is 2.91. The van der Waals surface area contributed by atoms with Crippen molar-refractivity contribution in [2.24, 2.45) is 0 Å². The molecule has 0 bridgehead atoms.